The highest BCUT2D eigenvalue weighted by atomic mass is 127. The molecule has 0 bridgehead atoms. The number of hydrogen-bond donors (Lipinski definition) is 2. The fourth-order valence-corrected chi connectivity index (χ4v) is 10.2. The predicted molar refractivity (Wildman–Crippen MR) is 220 cm³/mol. The molecule has 2 N–H and O–H groups in total. The second kappa shape index (κ2) is 14.8. The molecule has 2 aromatic rings. The second-order valence-corrected chi connectivity index (χ2v) is 17.7. The molecular formula is C37H45Br2IN4O4S2. The molecule has 270 valence electrons. The summed E-state index contributed by atoms with van der Waals surface area (Å²) in [5, 5.41) is 7.23. The summed E-state index contributed by atoms with van der Waals surface area (Å²) < 4.78 is 14.9. The Bertz CT molecular complexity index is 1710. The van der Waals surface area contributed by atoms with Gasteiger partial charge in [0.1, 0.15) is 22.7 Å². The Morgan fingerprint density at radius 1 is 0.880 bits per heavy atom. The number of nitrogens with one attached hydrogen (secondary N) is 2. The molecule has 2 aromatic carbocycles. The molecule has 1 saturated heterocycles. The zero-order chi connectivity index (χ0) is 36.1. The summed E-state index contributed by atoms with van der Waals surface area (Å²) in [4.78, 5) is 34.8. The number of carbonyl (C=O) groups excluding carboxylic acids is 2. The number of amides is 2. The normalized spacial score (nSPS) is 33.6. The van der Waals surface area contributed by atoms with E-state index in [0.29, 0.717) is 18.0 Å². The number of rotatable bonds is 0. The first-order chi connectivity index (χ1) is 23.8. The lowest BCUT2D eigenvalue weighted by Gasteiger charge is -2.48. The highest BCUT2D eigenvalue weighted by molar-refractivity contribution is 14.1. The van der Waals surface area contributed by atoms with Gasteiger partial charge < -0.3 is 20.1 Å². The smallest absolute Gasteiger partial charge is 0.261 e. The lowest BCUT2D eigenvalue weighted by Crippen LogP contribution is -2.56. The SMILES string of the molecule is CC1CCC2(CC1)CC1(NC(=S)NC1=O)c1cc(Br)ccc1O2.CI.CSC1=NC2(CC3(CCC(C)CC3)Oc3ccc(Br)cc32)C(=O)N1C. The number of aliphatic imine (C=N–C) groups is 1. The molecule has 4 aliphatic heterocycles. The molecule has 3 fully saturated rings. The van der Waals surface area contributed by atoms with Gasteiger partial charge in [0, 0.05) is 40.0 Å². The molecule has 4 heterocycles. The predicted octanol–water partition coefficient (Wildman–Crippen LogP) is 9.00. The summed E-state index contributed by atoms with van der Waals surface area (Å²) in [7, 11) is 1.83. The first-order valence-electron chi connectivity index (χ1n) is 17.2. The van der Waals surface area contributed by atoms with Crippen LogP contribution in [0, 0.1) is 11.8 Å². The lowest BCUT2D eigenvalue weighted by molar-refractivity contribution is -0.135. The third-order valence-electron chi connectivity index (χ3n) is 11.3. The topological polar surface area (TPSA) is 92.3 Å². The third kappa shape index (κ3) is 6.88. The van der Waals surface area contributed by atoms with Crippen LogP contribution in [0.25, 0.3) is 0 Å². The lowest BCUT2D eigenvalue weighted by atomic mass is 9.69. The van der Waals surface area contributed by atoms with Crippen LogP contribution in [0.5, 0.6) is 11.5 Å². The Morgan fingerprint density at radius 3 is 1.86 bits per heavy atom. The van der Waals surface area contributed by atoms with Gasteiger partial charge in [0.25, 0.3) is 11.8 Å². The average Bonchev–Trinajstić information content (AvgIpc) is 3.52. The number of halogens is 3. The number of carbonyl (C=O) groups is 2. The van der Waals surface area contributed by atoms with E-state index in [9.17, 15) is 9.59 Å². The molecule has 50 heavy (non-hydrogen) atoms. The number of likely N-dealkylation sites (N-methyl/N-ethyl adjacent to an activating group) is 1. The van der Waals surface area contributed by atoms with Crippen LogP contribution >= 0.6 is 78.4 Å². The summed E-state index contributed by atoms with van der Waals surface area (Å²) in [5.74, 6) is 3.06. The summed E-state index contributed by atoms with van der Waals surface area (Å²) in [5.41, 5.74) is -0.445. The van der Waals surface area contributed by atoms with Gasteiger partial charge in [-0.05, 0) is 123 Å². The van der Waals surface area contributed by atoms with Gasteiger partial charge in [0.05, 0.1) is 0 Å². The molecule has 13 heteroatoms. The average molecular weight is 961 g/mol. The van der Waals surface area contributed by atoms with Gasteiger partial charge in [-0.1, -0.05) is 80.1 Å². The number of benzene rings is 2. The van der Waals surface area contributed by atoms with Crippen molar-refractivity contribution in [2.45, 2.75) is 100 Å². The first-order valence-corrected chi connectivity index (χ1v) is 22.6. The zero-order valence-electron chi connectivity index (χ0n) is 29.2. The van der Waals surface area contributed by atoms with Crippen LogP contribution in [-0.4, -0.2) is 56.4 Å². The fraction of sp³-hybridized carbons (Fsp3) is 0.568. The number of thioether (sulfide) groups is 1. The molecule has 8 nitrogen and oxygen atoms in total. The maximum Gasteiger partial charge on any atom is 0.261 e. The van der Waals surface area contributed by atoms with Crippen LogP contribution in [0.1, 0.15) is 89.2 Å². The van der Waals surface area contributed by atoms with Gasteiger partial charge in [-0.15, -0.1) is 0 Å². The highest BCUT2D eigenvalue weighted by Gasteiger charge is 2.59. The van der Waals surface area contributed by atoms with Crippen molar-refractivity contribution in [2.24, 2.45) is 16.8 Å². The van der Waals surface area contributed by atoms with E-state index in [1.807, 2.05) is 54.6 Å². The van der Waals surface area contributed by atoms with Gasteiger partial charge >= 0.3 is 0 Å². The molecule has 2 aliphatic carbocycles. The van der Waals surface area contributed by atoms with E-state index in [-0.39, 0.29) is 23.0 Å². The van der Waals surface area contributed by atoms with Crippen molar-refractivity contribution in [1.82, 2.24) is 15.5 Å². The molecule has 2 atom stereocenters. The van der Waals surface area contributed by atoms with E-state index < -0.39 is 11.1 Å². The summed E-state index contributed by atoms with van der Waals surface area (Å²) in [6.45, 7) is 4.58. The number of thiocarbonyl (C=S) groups is 1. The number of nitrogens with zero attached hydrogens (tertiary/aromatic N) is 2. The van der Waals surface area contributed by atoms with E-state index in [2.05, 4.69) is 78.9 Å². The Hall–Kier alpha value is -1.42. The first kappa shape index (κ1) is 38.3. The van der Waals surface area contributed by atoms with Crippen LogP contribution in [-0.2, 0) is 20.7 Å². The van der Waals surface area contributed by atoms with Crippen molar-refractivity contribution in [2.75, 3.05) is 18.2 Å². The Labute approximate surface area is 335 Å². The van der Waals surface area contributed by atoms with Gasteiger partial charge in [-0.3, -0.25) is 14.5 Å². The molecule has 2 amide bonds. The minimum atomic E-state index is -0.842. The molecule has 0 aromatic heterocycles. The third-order valence-corrected chi connectivity index (χ3v) is 13.3. The molecule has 8 rings (SSSR count). The van der Waals surface area contributed by atoms with Crippen molar-refractivity contribution >= 4 is 101 Å². The van der Waals surface area contributed by atoms with Crippen LogP contribution in [0.15, 0.2) is 50.3 Å². The standard InChI is InChI=1S/C19H23BrN2O2S.C17H19BrN2O2S.CH3I/c1-12-6-8-18(9-7-12)11-19(16(23)22(2)17(21-19)25-3)14-10-13(20)4-5-15(14)24-18;1-10-4-6-16(7-5-10)9-17(14(21)19-15(23)20-17)12-8-11(18)2-3-13(12)22-16;1-2/h4-5,10,12H,6-9,11H2,1-3H3;2-3,8,10H,4-7,9H2,1H3,(H2,19,20,21,23);1H3. The second-order valence-electron chi connectivity index (χ2n) is 14.7. The number of fused-ring (bicyclic) bond motifs is 4. The van der Waals surface area contributed by atoms with Crippen molar-refractivity contribution in [1.29, 1.82) is 0 Å². The monoisotopic (exact) mass is 958 g/mol. The quantitative estimate of drug-likeness (QED) is 0.155. The number of ether oxygens (including phenoxy) is 2. The van der Waals surface area contributed by atoms with E-state index in [1.54, 1.807) is 4.90 Å². The number of alkyl halides is 1. The molecule has 0 radical (unpaired) electrons. The highest BCUT2D eigenvalue weighted by Crippen LogP contribution is 2.55. The summed E-state index contributed by atoms with van der Waals surface area (Å²) >= 11 is 16.0. The van der Waals surface area contributed by atoms with E-state index >= 15 is 0 Å². The Kier molecular flexibility index (Phi) is 11.3. The van der Waals surface area contributed by atoms with Crippen LogP contribution < -0.4 is 20.1 Å². The van der Waals surface area contributed by atoms with Gasteiger partial charge in [-0.25, -0.2) is 4.99 Å². The zero-order valence-corrected chi connectivity index (χ0v) is 36.1. The van der Waals surface area contributed by atoms with Crippen LogP contribution in [0.3, 0.4) is 0 Å². The van der Waals surface area contributed by atoms with Gasteiger partial charge in [-0.2, -0.15) is 0 Å². The van der Waals surface area contributed by atoms with Gasteiger partial charge in [0.2, 0.25) is 0 Å². The fourth-order valence-electron chi connectivity index (χ4n) is 8.58. The van der Waals surface area contributed by atoms with Crippen molar-refractivity contribution in [3.8, 4) is 11.5 Å². The Morgan fingerprint density at radius 2 is 1.38 bits per heavy atom. The molecule has 6 aliphatic rings. The molecular weight excluding hydrogens is 915 g/mol. The van der Waals surface area contributed by atoms with Crippen LogP contribution in [0.4, 0.5) is 0 Å². The van der Waals surface area contributed by atoms with E-state index in [1.165, 1.54) is 11.8 Å². The van der Waals surface area contributed by atoms with Crippen LogP contribution in [0.2, 0.25) is 0 Å². The maximum atomic E-state index is 13.3. The Balaban J connectivity index is 0.000000165. The van der Waals surface area contributed by atoms with E-state index in [4.69, 9.17) is 26.7 Å². The number of amidine groups is 1. The van der Waals surface area contributed by atoms with E-state index in [0.717, 1.165) is 99.9 Å². The molecule has 2 unspecified atom stereocenters. The van der Waals surface area contributed by atoms with Crippen molar-refractivity contribution in [3.05, 3.63) is 56.5 Å². The van der Waals surface area contributed by atoms with Crippen molar-refractivity contribution < 1.29 is 19.1 Å². The minimum Gasteiger partial charge on any atom is -0.487 e. The van der Waals surface area contributed by atoms with Gasteiger partial charge in [0.15, 0.2) is 21.4 Å². The summed E-state index contributed by atoms with van der Waals surface area (Å²) in [6.07, 6.45) is 11.7. The molecule has 4 spiro atoms. The summed E-state index contributed by atoms with van der Waals surface area (Å²) in [6, 6.07) is 11.9. The number of hydrogen-bond acceptors (Lipinski definition) is 7. The minimum absolute atomic E-state index is 0.0665. The maximum absolute atomic E-state index is 13.3. The largest absolute Gasteiger partial charge is 0.487 e. The van der Waals surface area contributed by atoms with Crippen molar-refractivity contribution in [3.63, 3.8) is 0 Å². The molecule has 2 saturated carbocycles.